The van der Waals surface area contributed by atoms with Gasteiger partial charge < -0.3 is 15.1 Å². The largest absolute Gasteiger partial charge is 0.369 e. The van der Waals surface area contributed by atoms with E-state index < -0.39 is 0 Å². The molecule has 1 aliphatic rings. The number of nitrogens with one attached hydrogen (secondary N) is 1. The Hall–Kier alpha value is -3.91. The number of rotatable bonds is 6. The molecule has 8 heteroatoms. The van der Waals surface area contributed by atoms with E-state index in [1.54, 1.807) is 6.20 Å². The van der Waals surface area contributed by atoms with Gasteiger partial charge in [0.2, 0.25) is 0 Å². The summed E-state index contributed by atoms with van der Waals surface area (Å²) < 4.78 is 0. The first-order valence-corrected chi connectivity index (χ1v) is 11.9. The minimum absolute atomic E-state index is 0.589. The lowest BCUT2D eigenvalue weighted by molar-refractivity contribution is 0.313. The zero-order valence-corrected chi connectivity index (χ0v) is 20.4. The molecule has 8 nitrogen and oxygen atoms in total. The van der Waals surface area contributed by atoms with E-state index in [1.807, 2.05) is 44.2 Å². The molecule has 4 heterocycles. The van der Waals surface area contributed by atoms with Crippen molar-refractivity contribution in [1.82, 2.24) is 29.8 Å². The van der Waals surface area contributed by atoms with Crippen LogP contribution in [0.4, 0.5) is 17.3 Å². The molecule has 0 spiro atoms. The van der Waals surface area contributed by atoms with Gasteiger partial charge in [0.15, 0.2) is 5.82 Å². The summed E-state index contributed by atoms with van der Waals surface area (Å²) >= 11 is 0. The Balaban J connectivity index is 1.28. The molecular formula is C27H30N8. The van der Waals surface area contributed by atoms with Gasteiger partial charge in [-0.25, -0.2) is 24.9 Å². The van der Waals surface area contributed by atoms with E-state index in [1.165, 1.54) is 11.3 Å². The molecule has 0 unspecified atom stereocenters. The Labute approximate surface area is 206 Å². The molecule has 0 aliphatic carbocycles. The molecule has 1 aliphatic heterocycles. The lowest BCUT2D eigenvalue weighted by Gasteiger charge is -2.34. The average Bonchev–Trinajstić information content (AvgIpc) is 2.85. The summed E-state index contributed by atoms with van der Waals surface area (Å²) in [4.78, 5) is 27.8. The molecule has 0 amide bonds. The van der Waals surface area contributed by atoms with Gasteiger partial charge in [-0.15, -0.1) is 0 Å². The fourth-order valence-corrected chi connectivity index (χ4v) is 4.17. The highest BCUT2D eigenvalue weighted by atomic mass is 15.2. The number of hydrogen-bond acceptors (Lipinski definition) is 8. The number of likely N-dealkylation sites (N-methyl/N-ethyl adjacent to an activating group) is 1. The van der Waals surface area contributed by atoms with Gasteiger partial charge in [-0.05, 0) is 56.8 Å². The highest BCUT2D eigenvalue weighted by Crippen LogP contribution is 2.21. The number of aryl methyl sites for hydroxylation is 2. The van der Waals surface area contributed by atoms with Crippen molar-refractivity contribution >= 4 is 17.3 Å². The summed E-state index contributed by atoms with van der Waals surface area (Å²) in [5.74, 6) is 2.72. The van der Waals surface area contributed by atoms with E-state index in [-0.39, 0.29) is 0 Å². The predicted octanol–water partition coefficient (Wildman–Crippen LogP) is 4.03. The molecule has 3 aromatic heterocycles. The van der Waals surface area contributed by atoms with Gasteiger partial charge in [0.05, 0.1) is 0 Å². The van der Waals surface area contributed by atoms with Gasteiger partial charge in [-0.2, -0.15) is 0 Å². The standard InChI is InChI=1S/C27H30N8/c1-19-5-4-6-23(29-19)27-30-20(2)17-26(33-27)32-24-11-12-28-25(31-24)18-21-7-9-22(10-8-21)35-15-13-34(3)14-16-35/h4-12,17H,13-16,18H2,1-3H3,(H,28,30,31,32,33). The van der Waals surface area contributed by atoms with Crippen LogP contribution >= 0.6 is 0 Å². The Kier molecular flexibility index (Phi) is 6.63. The Morgan fingerprint density at radius 1 is 0.800 bits per heavy atom. The van der Waals surface area contributed by atoms with Crippen molar-refractivity contribution in [2.75, 3.05) is 43.4 Å². The second-order valence-corrected chi connectivity index (χ2v) is 9.00. The number of benzene rings is 1. The van der Waals surface area contributed by atoms with Crippen molar-refractivity contribution in [3.8, 4) is 11.5 Å². The molecule has 1 saturated heterocycles. The summed E-state index contributed by atoms with van der Waals surface area (Å²) in [6, 6.07) is 18.3. The highest BCUT2D eigenvalue weighted by molar-refractivity contribution is 5.57. The summed E-state index contributed by atoms with van der Waals surface area (Å²) in [6.45, 7) is 8.24. The number of nitrogens with zero attached hydrogens (tertiary/aromatic N) is 7. The normalized spacial score (nSPS) is 14.2. The smallest absolute Gasteiger partial charge is 0.180 e. The number of anilines is 3. The monoisotopic (exact) mass is 466 g/mol. The third kappa shape index (κ3) is 5.78. The van der Waals surface area contributed by atoms with E-state index in [0.717, 1.165) is 49.1 Å². The Bertz CT molecular complexity index is 1300. The molecule has 4 aromatic rings. The zero-order valence-electron chi connectivity index (χ0n) is 20.4. The van der Waals surface area contributed by atoms with Crippen molar-refractivity contribution in [3.63, 3.8) is 0 Å². The molecule has 1 fully saturated rings. The first-order chi connectivity index (χ1) is 17.0. The zero-order chi connectivity index (χ0) is 24.2. The Morgan fingerprint density at radius 2 is 1.60 bits per heavy atom. The summed E-state index contributed by atoms with van der Waals surface area (Å²) in [7, 11) is 2.18. The minimum Gasteiger partial charge on any atom is -0.369 e. The van der Waals surface area contributed by atoms with Crippen LogP contribution < -0.4 is 10.2 Å². The molecule has 0 radical (unpaired) electrons. The molecule has 35 heavy (non-hydrogen) atoms. The second kappa shape index (κ2) is 10.1. The van der Waals surface area contributed by atoms with Crippen molar-refractivity contribution in [2.45, 2.75) is 20.3 Å². The first-order valence-electron chi connectivity index (χ1n) is 11.9. The van der Waals surface area contributed by atoms with E-state index in [9.17, 15) is 0 Å². The minimum atomic E-state index is 0.589. The van der Waals surface area contributed by atoms with Crippen LogP contribution in [0.25, 0.3) is 11.5 Å². The maximum atomic E-state index is 4.72. The fraction of sp³-hybridized carbons (Fsp3) is 0.296. The number of hydrogen-bond donors (Lipinski definition) is 1. The predicted molar refractivity (Wildman–Crippen MR) is 139 cm³/mol. The third-order valence-corrected chi connectivity index (χ3v) is 6.10. The van der Waals surface area contributed by atoms with Crippen molar-refractivity contribution in [1.29, 1.82) is 0 Å². The molecule has 0 atom stereocenters. The van der Waals surface area contributed by atoms with Gasteiger partial charge in [-0.3, -0.25) is 0 Å². The van der Waals surface area contributed by atoms with Gasteiger partial charge in [-0.1, -0.05) is 18.2 Å². The summed E-state index contributed by atoms with van der Waals surface area (Å²) in [5, 5.41) is 3.31. The fourth-order valence-electron chi connectivity index (χ4n) is 4.17. The topological polar surface area (TPSA) is 83.0 Å². The van der Waals surface area contributed by atoms with Gasteiger partial charge >= 0.3 is 0 Å². The molecule has 0 saturated carbocycles. The number of aromatic nitrogens is 5. The summed E-state index contributed by atoms with van der Waals surface area (Å²) in [5.41, 5.74) is 5.00. The van der Waals surface area contributed by atoms with Gasteiger partial charge in [0.1, 0.15) is 23.2 Å². The van der Waals surface area contributed by atoms with Crippen LogP contribution in [0.3, 0.4) is 0 Å². The van der Waals surface area contributed by atoms with Crippen LogP contribution in [0.5, 0.6) is 0 Å². The maximum Gasteiger partial charge on any atom is 0.180 e. The van der Waals surface area contributed by atoms with Crippen LogP contribution in [0.1, 0.15) is 22.8 Å². The number of piperazine rings is 1. The van der Waals surface area contributed by atoms with Crippen LogP contribution in [-0.4, -0.2) is 63.0 Å². The SMILES string of the molecule is Cc1cccc(-c2nc(C)cc(Nc3ccnc(Cc4ccc(N5CCN(C)CC5)cc4)n3)n2)n1. The average molecular weight is 467 g/mol. The molecule has 0 bridgehead atoms. The van der Waals surface area contributed by atoms with Crippen molar-refractivity contribution < 1.29 is 0 Å². The van der Waals surface area contributed by atoms with Crippen LogP contribution in [-0.2, 0) is 6.42 Å². The van der Waals surface area contributed by atoms with E-state index in [2.05, 4.69) is 66.4 Å². The van der Waals surface area contributed by atoms with Crippen LogP contribution in [0.15, 0.2) is 60.8 Å². The van der Waals surface area contributed by atoms with E-state index in [4.69, 9.17) is 4.98 Å². The van der Waals surface area contributed by atoms with Gasteiger partial charge in [0, 0.05) is 61.9 Å². The van der Waals surface area contributed by atoms with Crippen molar-refractivity contribution in [3.05, 3.63) is 83.6 Å². The maximum absolute atomic E-state index is 4.72. The van der Waals surface area contributed by atoms with Crippen LogP contribution in [0.2, 0.25) is 0 Å². The van der Waals surface area contributed by atoms with Gasteiger partial charge in [0.25, 0.3) is 0 Å². The van der Waals surface area contributed by atoms with Crippen LogP contribution in [0, 0.1) is 13.8 Å². The molecule has 1 aromatic carbocycles. The number of pyridine rings is 1. The lowest BCUT2D eigenvalue weighted by atomic mass is 10.1. The van der Waals surface area contributed by atoms with Crippen molar-refractivity contribution in [2.24, 2.45) is 0 Å². The molecular weight excluding hydrogens is 436 g/mol. The Morgan fingerprint density at radius 3 is 2.37 bits per heavy atom. The molecule has 178 valence electrons. The summed E-state index contributed by atoms with van der Waals surface area (Å²) in [6.07, 6.45) is 2.44. The quantitative estimate of drug-likeness (QED) is 0.456. The first kappa shape index (κ1) is 22.9. The van der Waals surface area contributed by atoms with E-state index in [0.29, 0.717) is 23.9 Å². The second-order valence-electron chi connectivity index (χ2n) is 9.00. The van der Waals surface area contributed by atoms with E-state index >= 15 is 0 Å². The lowest BCUT2D eigenvalue weighted by Crippen LogP contribution is -2.44. The third-order valence-electron chi connectivity index (χ3n) is 6.10. The molecule has 5 rings (SSSR count). The molecule has 1 N–H and O–H groups in total. The highest BCUT2D eigenvalue weighted by Gasteiger charge is 2.14.